The molecule has 4 atom stereocenters. The number of likely N-dealkylation sites (N-methyl/N-ethyl adjacent to an activating group) is 1. The number of carbonyl (C=O) groups excluding carboxylic acids is 3. The lowest BCUT2D eigenvalue weighted by molar-refractivity contribution is -0.139. The van der Waals surface area contributed by atoms with Crippen molar-refractivity contribution in [1.29, 1.82) is 0 Å². The monoisotopic (exact) mass is 1120 g/mol. The highest BCUT2D eigenvalue weighted by molar-refractivity contribution is 7.10. The number of carbonyl (C=O) groups is 3. The molecule has 428 valence electrons. The maximum atomic E-state index is 14.4. The number of amides is 3. The molecule has 5 aliphatic rings. The van der Waals surface area contributed by atoms with E-state index in [2.05, 4.69) is 68.5 Å². The molecule has 81 heavy (non-hydrogen) atoms. The van der Waals surface area contributed by atoms with Crippen molar-refractivity contribution < 1.29 is 33.7 Å². The Morgan fingerprint density at radius 3 is 2.36 bits per heavy atom. The number of likely N-dealkylation sites (tertiary alicyclic amines) is 2. The van der Waals surface area contributed by atoms with Crippen LogP contribution in [0.25, 0.3) is 32.8 Å². The van der Waals surface area contributed by atoms with Crippen molar-refractivity contribution in [3.63, 3.8) is 0 Å². The number of hydrogen-bond acceptors (Lipinski definition) is 15. The van der Waals surface area contributed by atoms with Gasteiger partial charge in [-0.3, -0.25) is 19.3 Å². The number of hydrogen-bond donors (Lipinski definition) is 3. The Morgan fingerprint density at radius 1 is 0.815 bits per heavy atom. The van der Waals surface area contributed by atoms with Crippen LogP contribution in [-0.4, -0.2) is 156 Å². The Kier molecular flexibility index (Phi) is 17.6. The third kappa shape index (κ3) is 12.6. The minimum Gasteiger partial charge on any atom is -0.508 e. The molecule has 4 fully saturated rings. The van der Waals surface area contributed by atoms with Gasteiger partial charge in [0, 0.05) is 97.9 Å². The fraction of sp³-hybridized carbons (Fsp3) is 0.492. The van der Waals surface area contributed by atoms with Gasteiger partial charge in [0.05, 0.1) is 42.7 Å². The number of anilines is 2. The van der Waals surface area contributed by atoms with Gasteiger partial charge >= 0.3 is 6.01 Å². The molecule has 3 amide bonds. The van der Waals surface area contributed by atoms with Gasteiger partial charge in [0.1, 0.15) is 41.1 Å². The summed E-state index contributed by atoms with van der Waals surface area (Å²) in [5.74, 6) is 1.87. The molecular formula is C63H78N10O7S. The predicted molar refractivity (Wildman–Crippen MR) is 318 cm³/mol. The molecule has 4 aromatic carbocycles. The van der Waals surface area contributed by atoms with Crippen LogP contribution in [0.3, 0.4) is 0 Å². The van der Waals surface area contributed by atoms with Gasteiger partial charge in [-0.15, -0.1) is 11.3 Å². The molecule has 18 heteroatoms. The quantitative estimate of drug-likeness (QED) is 0.0519. The molecule has 0 spiro atoms. The Bertz CT molecular complexity index is 3210. The second kappa shape index (κ2) is 25.5. The van der Waals surface area contributed by atoms with Gasteiger partial charge in [0.15, 0.2) is 0 Å². The highest BCUT2D eigenvalue weighted by Crippen LogP contribution is 2.41. The molecule has 0 radical (unpaired) electrons. The van der Waals surface area contributed by atoms with Crippen molar-refractivity contribution in [2.24, 2.45) is 5.92 Å². The average Bonchev–Trinajstić information content (AvgIpc) is 4.40. The van der Waals surface area contributed by atoms with Crippen LogP contribution in [0.1, 0.15) is 93.9 Å². The lowest BCUT2D eigenvalue weighted by atomic mass is 9.83. The van der Waals surface area contributed by atoms with Crippen molar-refractivity contribution in [3.05, 3.63) is 107 Å². The van der Waals surface area contributed by atoms with Gasteiger partial charge in [-0.2, -0.15) is 9.97 Å². The van der Waals surface area contributed by atoms with Crippen LogP contribution in [0, 0.1) is 5.92 Å². The van der Waals surface area contributed by atoms with E-state index in [0.717, 1.165) is 150 Å². The molecule has 3 N–H and O–H groups in total. The molecule has 0 bridgehead atoms. The zero-order valence-corrected chi connectivity index (χ0v) is 48.0. The largest absolute Gasteiger partial charge is 0.508 e. The predicted octanol–water partition coefficient (Wildman–Crippen LogP) is 8.67. The van der Waals surface area contributed by atoms with Crippen LogP contribution in [0.15, 0.2) is 90.8 Å². The number of rotatable bonds is 19. The number of fused-ring (bicyclic) bond motifs is 3. The minimum absolute atomic E-state index is 0.0190. The van der Waals surface area contributed by atoms with Gasteiger partial charge in [-0.05, 0) is 107 Å². The Labute approximate surface area is 479 Å². The second-order valence-electron chi connectivity index (χ2n) is 22.6. The summed E-state index contributed by atoms with van der Waals surface area (Å²) in [6, 6.07) is 23.5. The van der Waals surface area contributed by atoms with E-state index in [1.165, 1.54) is 12.5 Å². The number of phenolic OH excluding ortho intramolecular Hbond substituents is 1. The Balaban J connectivity index is 0.683. The standard InChI is InChI=1S/C63H78N10O7S/c1-5-57(75)70-30-32-71(33-31-70)59-51-25-29-72(55-37-45(74)36-44-16-9-10-17-47(44)55)39-52(51)66-63(68-59)80-41(2)38-69-27-23-46(24-28-69)78-34-35-79-56-22-21-49(48-18-11-12-19-50(48)56)53-40-81-61(65-53)54-20-13-26-73(54)62(77)58(43-14-7-6-8-15-43)67-60(76)42(3)64-4/h5,9-12,16-19,21-22,36-37,40-43,46,54,58,64,74H,1,6-8,13-15,20,23-35,38-39H2,2-4H3,(H,67,76)/t41-,42+,54+,58?/m1/s1. The van der Waals surface area contributed by atoms with Crippen molar-refractivity contribution in [2.45, 2.75) is 115 Å². The van der Waals surface area contributed by atoms with E-state index in [-0.39, 0.29) is 53.7 Å². The molecule has 1 saturated carbocycles. The third-order valence-electron chi connectivity index (χ3n) is 17.3. The number of piperidine rings is 1. The molecule has 1 unspecified atom stereocenters. The summed E-state index contributed by atoms with van der Waals surface area (Å²) in [7, 11) is 1.77. The highest BCUT2D eigenvalue weighted by Gasteiger charge is 2.40. The van der Waals surface area contributed by atoms with E-state index in [4.69, 9.17) is 29.2 Å². The smallest absolute Gasteiger partial charge is 0.318 e. The number of phenols is 1. The first kappa shape index (κ1) is 56.0. The number of nitrogens with one attached hydrogen (secondary N) is 2. The normalized spacial score (nSPS) is 19.6. The van der Waals surface area contributed by atoms with E-state index in [0.29, 0.717) is 58.5 Å². The molecule has 2 aromatic heterocycles. The van der Waals surface area contributed by atoms with Crippen LogP contribution in [0.5, 0.6) is 17.5 Å². The summed E-state index contributed by atoms with van der Waals surface area (Å²) >= 11 is 1.61. The van der Waals surface area contributed by atoms with Crippen LogP contribution < -0.4 is 29.9 Å². The first-order valence-corrected chi connectivity index (χ1v) is 30.3. The Morgan fingerprint density at radius 2 is 1.58 bits per heavy atom. The first-order valence-electron chi connectivity index (χ1n) is 29.4. The van der Waals surface area contributed by atoms with Gasteiger partial charge in [-0.25, -0.2) is 4.98 Å². The van der Waals surface area contributed by atoms with Crippen molar-refractivity contribution in [3.8, 4) is 28.8 Å². The van der Waals surface area contributed by atoms with Crippen molar-refractivity contribution in [2.75, 3.05) is 89.0 Å². The SMILES string of the molecule is C=CC(=O)N1CCN(c2nc(O[C@H](C)CN3CCC(OCCOc4ccc(-c5csc([C@@H]6CCCN6C(=O)C(NC(=O)[C@H](C)NC)C6CCCCC6)n5)c5ccccc45)CC3)nc3c2CCN(c2cc(O)cc4ccccc24)C3)CC1. The summed E-state index contributed by atoms with van der Waals surface area (Å²) in [6.07, 6.45) is 10.9. The summed E-state index contributed by atoms with van der Waals surface area (Å²) in [6.45, 7) is 15.4. The molecular weight excluding hydrogens is 1040 g/mol. The number of aromatic nitrogens is 3. The third-order valence-corrected chi connectivity index (χ3v) is 18.3. The van der Waals surface area contributed by atoms with E-state index in [1.807, 2.05) is 59.2 Å². The lowest BCUT2D eigenvalue weighted by Gasteiger charge is -2.38. The fourth-order valence-corrected chi connectivity index (χ4v) is 13.8. The first-order chi connectivity index (χ1) is 39.5. The van der Waals surface area contributed by atoms with Gasteiger partial charge < -0.3 is 49.6 Å². The maximum Gasteiger partial charge on any atom is 0.318 e. The van der Waals surface area contributed by atoms with Crippen LogP contribution in [0.2, 0.25) is 0 Å². The number of benzene rings is 4. The van der Waals surface area contributed by atoms with Crippen molar-refractivity contribution >= 4 is 62.1 Å². The van der Waals surface area contributed by atoms with Crippen LogP contribution >= 0.6 is 11.3 Å². The summed E-state index contributed by atoms with van der Waals surface area (Å²) in [5.41, 5.74) is 4.88. The molecule has 4 aliphatic heterocycles. The number of ether oxygens (including phenoxy) is 3. The molecule has 6 heterocycles. The fourth-order valence-electron chi connectivity index (χ4n) is 12.8. The van der Waals surface area contributed by atoms with Gasteiger partial charge in [0.2, 0.25) is 17.7 Å². The summed E-state index contributed by atoms with van der Waals surface area (Å²) in [4.78, 5) is 66.2. The molecule has 1 aliphatic carbocycles. The number of aromatic hydroxyl groups is 1. The van der Waals surface area contributed by atoms with Gasteiger partial charge in [-0.1, -0.05) is 74.4 Å². The molecule has 11 rings (SSSR count). The lowest BCUT2D eigenvalue weighted by Crippen LogP contribution is -2.55. The molecule has 6 aromatic rings. The highest BCUT2D eigenvalue weighted by atomic mass is 32.1. The zero-order valence-electron chi connectivity index (χ0n) is 47.2. The van der Waals surface area contributed by atoms with Gasteiger partial charge in [0.25, 0.3) is 0 Å². The number of thiazole rings is 1. The minimum atomic E-state index is -0.532. The second-order valence-corrected chi connectivity index (χ2v) is 23.5. The van der Waals surface area contributed by atoms with E-state index in [1.54, 1.807) is 24.5 Å². The van der Waals surface area contributed by atoms with Crippen LogP contribution in [0.4, 0.5) is 11.5 Å². The average molecular weight is 1120 g/mol. The Hall–Kier alpha value is -6.86. The van der Waals surface area contributed by atoms with E-state index >= 15 is 0 Å². The summed E-state index contributed by atoms with van der Waals surface area (Å²) in [5, 5.41) is 24.1. The van der Waals surface area contributed by atoms with E-state index < -0.39 is 6.04 Å². The molecule has 17 nitrogen and oxygen atoms in total. The topological polar surface area (TPSA) is 178 Å². The van der Waals surface area contributed by atoms with Crippen molar-refractivity contribution in [1.82, 2.24) is 40.3 Å². The maximum absolute atomic E-state index is 14.4. The zero-order chi connectivity index (χ0) is 56.0. The number of nitrogens with zero attached hydrogens (tertiary/aromatic N) is 8. The van der Waals surface area contributed by atoms with E-state index in [9.17, 15) is 19.5 Å². The van der Waals surface area contributed by atoms with Crippen LogP contribution in [-0.2, 0) is 32.1 Å². The summed E-state index contributed by atoms with van der Waals surface area (Å²) < 4.78 is 19.5. The number of piperazine rings is 1. The molecule has 3 saturated heterocycles.